The summed E-state index contributed by atoms with van der Waals surface area (Å²) in [7, 11) is 0. The van der Waals surface area contributed by atoms with Crippen molar-refractivity contribution in [1.82, 2.24) is 9.80 Å². The highest BCUT2D eigenvalue weighted by Crippen LogP contribution is 2.68. The minimum atomic E-state index is -0.647. The molecule has 0 saturated carbocycles. The summed E-state index contributed by atoms with van der Waals surface area (Å²) >= 11 is 5.43. The fraction of sp³-hybridized carbons (Fsp3) is 0.741. The molecule has 6 atom stereocenters. The molecule has 3 aliphatic heterocycles. The lowest BCUT2D eigenvalue weighted by molar-refractivity contribution is -0.154. The van der Waals surface area contributed by atoms with Crippen molar-refractivity contribution < 1.29 is 24.2 Å². The van der Waals surface area contributed by atoms with E-state index in [4.69, 9.17) is 9.84 Å². The van der Waals surface area contributed by atoms with Gasteiger partial charge in [0, 0.05) is 36.3 Å². The Morgan fingerprint density at radius 2 is 2.00 bits per heavy atom. The Kier molecular flexibility index (Phi) is 10.9. The first-order chi connectivity index (χ1) is 17.4. The first kappa shape index (κ1) is 29.2. The van der Waals surface area contributed by atoms with E-state index in [1.165, 1.54) is 0 Å². The second-order valence-corrected chi connectivity index (χ2v) is 12.7. The number of aliphatic hydroxyl groups is 1. The first-order valence-electron chi connectivity index (χ1n) is 13.3. The fourth-order valence-corrected chi connectivity index (χ4v) is 9.57. The molecule has 1 spiro atoms. The normalized spacial score (nSPS) is 30.4. The number of ether oxygens (including phenoxy) is 1. The number of amides is 2. The molecule has 9 heteroatoms. The third-order valence-electron chi connectivity index (χ3n) is 7.61. The van der Waals surface area contributed by atoms with Crippen LogP contribution < -0.4 is 0 Å². The SMILES string of the molecule is C=CCCOC(=O)[C@H]1[C@H]2C(=O)N(CCCCCCO)C(C(=O)N(CC=C)CCCC)C23CC(Br)[C@@H]1S3. The van der Waals surface area contributed by atoms with Gasteiger partial charge in [0.2, 0.25) is 11.8 Å². The molecule has 36 heavy (non-hydrogen) atoms. The summed E-state index contributed by atoms with van der Waals surface area (Å²) in [6.07, 6.45) is 9.76. The summed E-state index contributed by atoms with van der Waals surface area (Å²) in [6, 6.07) is -0.606. The van der Waals surface area contributed by atoms with Crippen LogP contribution in [0.5, 0.6) is 0 Å². The van der Waals surface area contributed by atoms with Gasteiger partial charge in [0.1, 0.15) is 6.04 Å². The quantitative estimate of drug-likeness (QED) is 0.128. The number of likely N-dealkylation sites (tertiary alicyclic amines) is 1. The molecule has 7 nitrogen and oxygen atoms in total. The van der Waals surface area contributed by atoms with Crippen molar-refractivity contribution in [3.63, 3.8) is 0 Å². The molecule has 3 aliphatic rings. The van der Waals surface area contributed by atoms with E-state index in [1.807, 2.05) is 4.90 Å². The van der Waals surface area contributed by atoms with Gasteiger partial charge in [0.05, 0.1) is 23.2 Å². The fourth-order valence-electron chi connectivity index (χ4n) is 5.97. The highest BCUT2D eigenvalue weighted by atomic mass is 79.9. The molecule has 0 aliphatic carbocycles. The summed E-state index contributed by atoms with van der Waals surface area (Å²) in [6.45, 7) is 11.6. The smallest absolute Gasteiger partial charge is 0.310 e. The molecule has 3 heterocycles. The molecule has 0 aromatic rings. The van der Waals surface area contributed by atoms with E-state index in [9.17, 15) is 14.4 Å². The molecule has 3 rings (SSSR count). The predicted octanol–water partition coefficient (Wildman–Crippen LogP) is 3.94. The van der Waals surface area contributed by atoms with Crippen LogP contribution in [0.1, 0.15) is 58.3 Å². The minimum absolute atomic E-state index is 0.0341. The monoisotopic (exact) mass is 584 g/mol. The molecule has 1 N–H and O–H groups in total. The molecule has 2 amide bonds. The Hall–Kier alpha value is -1.32. The van der Waals surface area contributed by atoms with Crippen molar-refractivity contribution in [2.75, 3.05) is 32.8 Å². The van der Waals surface area contributed by atoms with Crippen molar-refractivity contribution in [1.29, 1.82) is 0 Å². The van der Waals surface area contributed by atoms with Crippen LogP contribution in [-0.4, -0.2) is 86.4 Å². The molecular weight excluding hydrogens is 544 g/mol. The van der Waals surface area contributed by atoms with Gasteiger partial charge in [-0.3, -0.25) is 14.4 Å². The van der Waals surface area contributed by atoms with Gasteiger partial charge in [0.25, 0.3) is 0 Å². The van der Waals surface area contributed by atoms with E-state index >= 15 is 0 Å². The number of thioether (sulfide) groups is 1. The molecule has 3 saturated heterocycles. The molecule has 0 aromatic carbocycles. The summed E-state index contributed by atoms with van der Waals surface area (Å²) in [5.41, 5.74) is 0. The maximum Gasteiger partial charge on any atom is 0.310 e. The number of hydrogen-bond acceptors (Lipinski definition) is 6. The summed E-state index contributed by atoms with van der Waals surface area (Å²) in [5, 5.41) is 9.00. The number of halogens is 1. The second kappa shape index (κ2) is 13.5. The van der Waals surface area contributed by atoms with Gasteiger partial charge in [0.15, 0.2) is 0 Å². The number of carbonyl (C=O) groups is 3. The number of carbonyl (C=O) groups excluding carboxylic acids is 3. The Morgan fingerprint density at radius 1 is 1.25 bits per heavy atom. The number of esters is 1. The van der Waals surface area contributed by atoms with E-state index in [0.29, 0.717) is 32.5 Å². The zero-order valence-corrected chi connectivity index (χ0v) is 23.8. The van der Waals surface area contributed by atoms with Gasteiger partial charge in [-0.05, 0) is 32.1 Å². The molecular formula is C27H41BrN2O5S. The molecule has 3 unspecified atom stereocenters. The largest absolute Gasteiger partial charge is 0.465 e. The van der Waals surface area contributed by atoms with Crippen molar-refractivity contribution in [3.05, 3.63) is 25.3 Å². The molecule has 202 valence electrons. The van der Waals surface area contributed by atoms with Crippen LogP contribution in [0, 0.1) is 11.8 Å². The Morgan fingerprint density at radius 3 is 2.67 bits per heavy atom. The lowest BCUT2D eigenvalue weighted by atomic mass is 9.71. The Bertz CT molecular complexity index is 826. The predicted molar refractivity (Wildman–Crippen MR) is 147 cm³/mol. The summed E-state index contributed by atoms with van der Waals surface area (Å²) < 4.78 is 4.92. The number of fused-ring (bicyclic) bond motifs is 1. The van der Waals surface area contributed by atoms with Crippen molar-refractivity contribution >= 4 is 45.5 Å². The maximum atomic E-state index is 14.1. The lowest BCUT2D eigenvalue weighted by Gasteiger charge is -2.38. The van der Waals surface area contributed by atoms with Crippen molar-refractivity contribution in [2.24, 2.45) is 11.8 Å². The lowest BCUT2D eigenvalue weighted by Crippen LogP contribution is -2.55. The van der Waals surface area contributed by atoms with Crippen LogP contribution >= 0.6 is 27.7 Å². The Labute approximate surface area is 228 Å². The van der Waals surface area contributed by atoms with E-state index in [1.54, 1.807) is 28.8 Å². The second-order valence-electron chi connectivity index (χ2n) is 10.0. The summed E-state index contributed by atoms with van der Waals surface area (Å²) in [4.78, 5) is 45.0. The highest BCUT2D eigenvalue weighted by Gasteiger charge is 2.76. The topological polar surface area (TPSA) is 87.1 Å². The Balaban J connectivity index is 1.93. The van der Waals surface area contributed by atoms with Crippen LogP contribution in [0.2, 0.25) is 0 Å². The highest BCUT2D eigenvalue weighted by molar-refractivity contribution is 9.09. The maximum absolute atomic E-state index is 14.1. The molecule has 0 radical (unpaired) electrons. The van der Waals surface area contributed by atoms with E-state index < -0.39 is 22.6 Å². The van der Waals surface area contributed by atoms with Crippen molar-refractivity contribution in [3.8, 4) is 0 Å². The van der Waals surface area contributed by atoms with Gasteiger partial charge in [-0.15, -0.1) is 24.9 Å². The minimum Gasteiger partial charge on any atom is -0.465 e. The van der Waals surface area contributed by atoms with Crippen LogP contribution in [0.25, 0.3) is 0 Å². The standard InChI is InChI=1S/C27H41BrN2O5S/c1-4-7-14-29(13-6-3)25(33)23-27-18-19(28)22(36-27)20(26(34)35-17-8-5-2)21(27)24(32)30(23)15-11-9-10-12-16-31/h5-6,19-23,31H,2-4,7-18H2,1H3/t19?,20-,21-,22-,23?,27?/m0/s1. The van der Waals surface area contributed by atoms with Gasteiger partial charge >= 0.3 is 5.97 Å². The molecule has 2 bridgehead atoms. The average Bonchev–Trinajstić information content (AvgIpc) is 3.45. The van der Waals surface area contributed by atoms with E-state index in [-0.39, 0.29) is 41.1 Å². The number of aliphatic hydroxyl groups excluding tert-OH is 1. The third kappa shape index (κ3) is 5.73. The van der Waals surface area contributed by atoms with E-state index in [0.717, 1.165) is 38.5 Å². The zero-order valence-electron chi connectivity index (χ0n) is 21.4. The summed E-state index contributed by atoms with van der Waals surface area (Å²) in [5.74, 6) is -1.60. The van der Waals surface area contributed by atoms with Gasteiger partial charge in [-0.1, -0.05) is 54.3 Å². The van der Waals surface area contributed by atoms with Gasteiger partial charge < -0.3 is 19.6 Å². The molecule has 0 aromatic heterocycles. The molecule has 3 fully saturated rings. The number of rotatable bonds is 16. The number of hydrogen-bond donors (Lipinski definition) is 1. The van der Waals surface area contributed by atoms with Crippen LogP contribution in [0.15, 0.2) is 25.3 Å². The number of alkyl halides is 1. The van der Waals surface area contributed by atoms with Crippen LogP contribution in [0.4, 0.5) is 0 Å². The first-order valence-corrected chi connectivity index (χ1v) is 15.1. The number of nitrogens with zero attached hydrogens (tertiary/aromatic N) is 2. The number of unbranched alkanes of at least 4 members (excludes halogenated alkanes) is 4. The van der Waals surface area contributed by atoms with E-state index in [2.05, 4.69) is 36.0 Å². The van der Waals surface area contributed by atoms with Crippen LogP contribution in [0.3, 0.4) is 0 Å². The third-order valence-corrected chi connectivity index (χ3v) is 10.8. The average molecular weight is 586 g/mol. The zero-order chi connectivity index (χ0) is 26.3. The van der Waals surface area contributed by atoms with Crippen LogP contribution in [-0.2, 0) is 19.1 Å². The van der Waals surface area contributed by atoms with Gasteiger partial charge in [-0.2, -0.15) is 0 Å². The van der Waals surface area contributed by atoms with Crippen molar-refractivity contribution in [2.45, 2.75) is 79.2 Å². The van der Waals surface area contributed by atoms with Gasteiger partial charge in [-0.25, -0.2) is 0 Å².